The maximum Gasteiger partial charge on any atom is 0.251 e. The molecule has 1 heterocycles. The molecule has 30 heavy (non-hydrogen) atoms. The predicted octanol–water partition coefficient (Wildman–Crippen LogP) is 3.80. The van der Waals surface area contributed by atoms with Gasteiger partial charge in [-0.25, -0.2) is 4.98 Å². The SMILES string of the molecule is CCOc1cc(C(=O)NCCCN(CC)CC)ccc1-c1nc2c(O)cccc2[nH]1. The maximum absolute atomic E-state index is 12.6. The summed E-state index contributed by atoms with van der Waals surface area (Å²) >= 11 is 0. The summed E-state index contributed by atoms with van der Waals surface area (Å²) in [6.45, 7) is 10.3. The Morgan fingerprint density at radius 1 is 1.20 bits per heavy atom. The molecule has 0 radical (unpaired) electrons. The van der Waals surface area contributed by atoms with Crippen molar-refractivity contribution in [1.82, 2.24) is 20.2 Å². The van der Waals surface area contributed by atoms with E-state index < -0.39 is 0 Å². The molecule has 7 nitrogen and oxygen atoms in total. The molecule has 0 aliphatic carbocycles. The lowest BCUT2D eigenvalue weighted by Gasteiger charge is -2.17. The van der Waals surface area contributed by atoms with Crippen molar-refractivity contribution in [2.75, 3.05) is 32.8 Å². The van der Waals surface area contributed by atoms with E-state index in [1.54, 1.807) is 24.3 Å². The molecule has 3 rings (SSSR count). The van der Waals surface area contributed by atoms with E-state index >= 15 is 0 Å². The first kappa shape index (κ1) is 21.6. The van der Waals surface area contributed by atoms with Crippen molar-refractivity contribution in [1.29, 1.82) is 0 Å². The van der Waals surface area contributed by atoms with Gasteiger partial charge in [0.25, 0.3) is 5.91 Å². The zero-order chi connectivity index (χ0) is 21.5. The maximum atomic E-state index is 12.6. The van der Waals surface area contributed by atoms with E-state index in [4.69, 9.17) is 4.74 Å². The van der Waals surface area contributed by atoms with Crippen LogP contribution < -0.4 is 10.1 Å². The van der Waals surface area contributed by atoms with Crippen molar-refractivity contribution in [3.63, 3.8) is 0 Å². The van der Waals surface area contributed by atoms with Crippen LogP contribution in [0, 0.1) is 0 Å². The number of benzene rings is 2. The molecule has 0 saturated heterocycles. The highest BCUT2D eigenvalue weighted by Crippen LogP contribution is 2.32. The number of carbonyl (C=O) groups is 1. The molecule has 0 fully saturated rings. The van der Waals surface area contributed by atoms with Gasteiger partial charge in [-0.15, -0.1) is 0 Å². The van der Waals surface area contributed by atoms with Crippen LogP contribution in [0.5, 0.6) is 11.5 Å². The van der Waals surface area contributed by atoms with Crippen LogP contribution in [0.1, 0.15) is 37.6 Å². The Hall–Kier alpha value is -3.06. The van der Waals surface area contributed by atoms with Crippen LogP contribution in [0.3, 0.4) is 0 Å². The number of imidazole rings is 1. The standard InChI is InChI=1S/C23H30N4O3/c1-4-27(5-2)14-8-13-24-23(29)16-11-12-17(20(15-16)30-6-3)22-25-18-9-7-10-19(28)21(18)26-22/h7,9-12,15,28H,4-6,8,13-14H2,1-3H3,(H,24,29)(H,25,26). The Morgan fingerprint density at radius 2 is 2.00 bits per heavy atom. The van der Waals surface area contributed by atoms with Crippen LogP contribution in [0.2, 0.25) is 0 Å². The largest absolute Gasteiger partial charge is 0.506 e. The molecule has 3 N–H and O–H groups in total. The summed E-state index contributed by atoms with van der Waals surface area (Å²) in [7, 11) is 0. The predicted molar refractivity (Wildman–Crippen MR) is 119 cm³/mol. The van der Waals surface area contributed by atoms with Gasteiger partial charge in [0.15, 0.2) is 0 Å². The van der Waals surface area contributed by atoms with Gasteiger partial charge in [-0.05, 0) is 63.3 Å². The first-order chi connectivity index (χ1) is 14.6. The van der Waals surface area contributed by atoms with E-state index in [1.165, 1.54) is 0 Å². The van der Waals surface area contributed by atoms with Gasteiger partial charge in [-0.1, -0.05) is 19.9 Å². The number of phenolic OH excluding ortho intramolecular Hbond substituents is 1. The molecule has 1 aromatic heterocycles. The number of phenols is 1. The van der Waals surface area contributed by atoms with E-state index in [2.05, 4.69) is 34.0 Å². The summed E-state index contributed by atoms with van der Waals surface area (Å²) in [6, 6.07) is 10.5. The number of nitrogens with one attached hydrogen (secondary N) is 2. The summed E-state index contributed by atoms with van der Waals surface area (Å²) < 4.78 is 5.79. The van der Waals surface area contributed by atoms with Crippen LogP contribution in [0.25, 0.3) is 22.4 Å². The Morgan fingerprint density at radius 3 is 2.70 bits per heavy atom. The third kappa shape index (κ3) is 4.91. The number of carbonyl (C=O) groups excluding carboxylic acids is 1. The minimum absolute atomic E-state index is 0.119. The molecule has 0 bridgehead atoms. The number of hydrogen-bond acceptors (Lipinski definition) is 5. The van der Waals surface area contributed by atoms with Crippen molar-refractivity contribution in [3.05, 3.63) is 42.0 Å². The average Bonchev–Trinajstić information content (AvgIpc) is 3.19. The monoisotopic (exact) mass is 410 g/mol. The summed E-state index contributed by atoms with van der Waals surface area (Å²) in [6.07, 6.45) is 0.909. The first-order valence-electron chi connectivity index (χ1n) is 10.5. The molecule has 0 aliphatic rings. The fourth-order valence-corrected chi connectivity index (χ4v) is 3.43. The van der Waals surface area contributed by atoms with Gasteiger partial charge >= 0.3 is 0 Å². The number of para-hydroxylation sites is 1. The Kier molecular flexibility index (Phi) is 7.30. The van der Waals surface area contributed by atoms with Crippen molar-refractivity contribution in [2.45, 2.75) is 27.2 Å². The smallest absolute Gasteiger partial charge is 0.251 e. The highest BCUT2D eigenvalue weighted by Gasteiger charge is 2.16. The minimum atomic E-state index is -0.121. The molecule has 0 atom stereocenters. The zero-order valence-electron chi connectivity index (χ0n) is 17.9. The van der Waals surface area contributed by atoms with Crippen LogP contribution in [0.4, 0.5) is 0 Å². The molecule has 1 amide bonds. The van der Waals surface area contributed by atoms with Crippen LogP contribution in [-0.2, 0) is 0 Å². The number of aromatic amines is 1. The Bertz CT molecular complexity index is 995. The molecular weight excluding hydrogens is 380 g/mol. The number of hydrogen-bond donors (Lipinski definition) is 3. The highest BCUT2D eigenvalue weighted by atomic mass is 16.5. The van der Waals surface area contributed by atoms with Crippen molar-refractivity contribution in [3.8, 4) is 22.9 Å². The second-order valence-electron chi connectivity index (χ2n) is 7.04. The molecule has 3 aromatic rings. The number of H-pyrrole nitrogens is 1. The van der Waals surface area contributed by atoms with E-state index in [9.17, 15) is 9.90 Å². The van der Waals surface area contributed by atoms with Crippen molar-refractivity contribution >= 4 is 16.9 Å². The van der Waals surface area contributed by atoms with Crippen LogP contribution >= 0.6 is 0 Å². The molecule has 2 aromatic carbocycles. The van der Waals surface area contributed by atoms with Crippen LogP contribution in [0.15, 0.2) is 36.4 Å². The minimum Gasteiger partial charge on any atom is -0.506 e. The average molecular weight is 411 g/mol. The summed E-state index contributed by atoms with van der Waals surface area (Å²) in [5.41, 5.74) is 2.53. The van der Waals surface area contributed by atoms with Gasteiger partial charge in [0.1, 0.15) is 22.8 Å². The first-order valence-corrected chi connectivity index (χ1v) is 10.5. The summed E-state index contributed by atoms with van der Waals surface area (Å²) in [5, 5.41) is 13.0. The normalized spacial score (nSPS) is 11.2. The topological polar surface area (TPSA) is 90.5 Å². The number of nitrogens with zero attached hydrogens (tertiary/aromatic N) is 2. The number of aromatic hydroxyl groups is 1. The van der Waals surface area contributed by atoms with Gasteiger partial charge < -0.3 is 25.0 Å². The van der Waals surface area contributed by atoms with E-state index in [1.807, 2.05) is 19.1 Å². The number of rotatable bonds is 10. The van der Waals surface area contributed by atoms with Gasteiger partial charge in [0.2, 0.25) is 0 Å². The fourth-order valence-electron chi connectivity index (χ4n) is 3.43. The third-order valence-electron chi connectivity index (χ3n) is 5.12. The number of aromatic nitrogens is 2. The van der Waals surface area contributed by atoms with Crippen LogP contribution in [-0.4, -0.2) is 58.7 Å². The van der Waals surface area contributed by atoms with E-state index in [-0.39, 0.29) is 11.7 Å². The lowest BCUT2D eigenvalue weighted by Crippen LogP contribution is -2.29. The number of ether oxygens (including phenoxy) is 1. The Labute approximate surface area is 177 Å². The zero-order valence-corrected chi connectivity index (χ0v) is 17.9. The number of amides is 1. The van der Waals surface area contributed by atoms with E-state index in [0.717, 1.165) is 37.1 Å². The molecule has 0 spiro atoms. The molecule has 0 aliphatic heterocycles. The molecule has 0 unspecified atom stereocenters. The second kappa shape index (κ2) is 10.1. The Balaban J connectivity index is 1.76. The third-order valence-corrected chi connectivity index (χ3v) is 5.12. The molecule has 0 saturated carbocycles. The summed E-state index contributed by atoms with van der Waals surface area (Å²) in [5.74, 6) is 1.16. The van der Waals surface area contributed by atoms with Gasteiger partial charge in [0, 0.05) is 12.1 Å². The highest BCUT2D eigenvalue weighted by molar-refractivity contribution is 5.95. The van der Waals surface area contributed by atoms with Crippen molar-refractivity contribution in [2.24, 2.45) is 0 Å². The second-order valence-corrected chi connectivity index (χ2v) is 7.04. The lowest BCUT2D eigenvalue weighted by atomic mass is 10.1. The van der Waals surface area contributed by atoms with Crippen molar-refractivity contribution < 1.29 is 14.6 Å². The van der Waals surface area contributed by atoms with Gasteiger partial charge in [-0.2, -0.15) is 0 Å². The molecule has 160 valence electrons. The van der Waals surface area contributed by atoms with E-state index in [0.29, 0.717) is 35.8 Å². The molecular formula is C23H30N4O3. The summed E-state index contributed by atoms with van der Waals surface area (Å²) in [4.78, 5) is 22.6. The lowest BCUT2D eigenvalue weighted by molar-refractivity contribution is 0.0951. The van der Waals surface area contributed by atoms with Gasteiger partial charge in [0.05, 0.1) is 17.7 Å². The fraction of sp³-hybridized carbons (Fsp3) is 0.391. The number of fused-ring (bicyclic) bond motifs is 1. The van der Waals surface area contributed by atoms with Gasteiger partial charge in [-0.3, -0.25) is 4.79 Å². The molecule has 7 heteroatoms. The quantitative estimate of drug-likeness (QED) is 0.442.